The average molecular weight is 472 g/mol. The Balaban J connectivity index is 1.52. The molecule has 4 aromatic rings. The fraction of sp³-hybridized carbons (Fsp3) is 0.261. The Labute approximate surface area is 190 Å². The molecule has 1 aliphatic heterocycles. The van der Waals surface area contributed by atoms with Crippen molar-refractivity contribution in [2.24, 2.45) is 0 Å². The van der Waals surface area contributed by atoms with Gasteiger partial charge in [0.15, 0.2) is 5.65 Å². The minimum atomic E-state index is -4.57. The standard InChI is InChI=1S/C23H17ClF3N5O/c24-15-2-4-16(5-3-15)31-9-7-13(8-10-31)20-18(12-28)21-29-19-6-1-14(23(25,26)27)11-17(19)22(33)32(21)30-20/h1-6,11,13,30H,7-10H2. The number of rotatable bonds is 2. The highest BCUT2D eigenvalue weighted by Gasteiger charge is 2.31. The fourth-order valence-corrected chi connectivity index (χ4v) is 4.54. The van der Waals surface area contributed by atoms with Crippen LogP contribution in [0.1, 0.15) is 35.6 Å². The lowest BCUT2D eigenvalue weighted by Gasteiger charge is -2.33. The van der Waals surface area contributed by atoms with Gasteiger partial charge in [-0.3, -0.25) is 9.89 Å². The molecule has 1 saturated heterocycles. The Kier molecular flexibility index (Phi) is 5.05. The minimum Gasteiger partial charge on any atom is -0.371 e. The molecule has 168 valence electrons. The number of benzene rings is 2. The molecule has 0 saturated carbocycles. The summed E-state index contributed by atoms with van der Waals surface area (Å²) in [6, 6.07) is 12.6. The number of nitrogens with zero attached hydrogens (tertiary/aromatic N) is 4. The predicted molar refractivity (Wildman–Crippen MR) is 119 cm³/mol. The van der Waals surface area contributed by atoms with Gasteiger partial charge in [0.25, 0.3) is 5.56 Å². The summed E-state index contributed by atoms with van der Waals surface area (Å²) >= 11 is 5.97. The van der Waals surface area contributed by atoms with Gasteiger partial charge in [-0.25, -0.2) is 4.98 Å². The molecule has 3 heterocycles. The van der Waals surface area contributed by atoms with Gasteiger partial charge in [0.1, 0.15) is 11.6 Å². The summed E-state index contributed by atoms with van der Waals surface area (Å²) in [5.41, 5.74) is 0.554. The Bertz CT molecular complexity index is 1460. The molecule has 0 spiro atoms. The number of nitriles is 1. The van der Waals surface area contributed by atoms with Crippen LogP contribution in [-0.2, 0) is 6.18 Å². The third-order valence-electron chi connectivity index (χ3n) is 6.13. The van der Waals surface area contributed by atoms with Crippen LogP contribution in [0.3, 0.4) is 0 Å². The molecular weight excluding hydrogens is 455 g/mol. The van der Waals surface area contributed by atoms with Gasteiger partial charge in [-0.15, -0.1) is 0 Å². The predicted octanol–water partition coefficient (Wildman–Crippen LogP) is 5.10. The number of piperidine rings is 1. The van der Waals surface area contributed by atoms with E-state index in [1.807, 2.05) is 24.3 Å². The van der Waals surface area contributed by atoms with Crippen LogP contribution in [0, 0.1) is 11.3 Å². The lowest BCUT2D eigenvalue weighted by atomic mass is 9.91. The number of hydrogen-bond acceptors (Lipinski definition) is 4. The first-order valence-corrected chi connectivity index (χ1v) is 10.7. The highest BCUT2D eigenvalue weighted by Crippen LogP contribution is 2.34. The van der Waals surface area contributed by atoms with Gasteiger partial charge in [0.05, 0.1) is 22.2 Å². The van der Waals surface area contributed by atoms with Crippen molar-refractivity contribution in [1.29, 1.82) is 5.26 Å². The summed E-state index contributed by atoms with van der Waals surface area (Å²) in [7, 11) is 0. The van der Waals surface area contributed by atoms with Crippen LogP contribution in [0.2, 0.25) is 5.02 Å². The van der Waals surface area contributed by atoms with Crippen molar-refractivity contribution >= 4 is 33.8 Å². The molecule has 1 N–H and O–H groups in total. The maximum absolute atomic E-state index is 13.1. The molecule has 0 radical (unpaired) electrons. The number of fused-ring (bicyclic) bond motifs is 2. The SMILES string of the molecule is N#Cc1c(C2CCN(c3ccc(Cl)cc3)CC2)[nH]n2c(=O)c3cc(C(F)(F)F)ccc3nc12. The van der Waals surface area contributed by atoms with Gasteiger partial charge in [0, 0.05) is 29.7 Å². The number of alkyl halides is 3. The summed E-state index contributed by atoms with van der Waals surface area (Å²) in [4.78, 5) is 19.6. The molecule has 6 nitrogen and oxygen atoms in total. The Hall–Kier alpha value is -3.51. The zero-order valence-electron chi connectivity index (χ0n) is 17.2. The summed E-state index contributed by atoms with van der Waals surface area (Å²) < 4.78 is 40.4. The first kappa shape index (κ1) is 21.3. The van der Waals surface area contributed by atoms with E-state index in [1.165, 1.54) is 0 Å². The van der Waals surface area contributed by atoms with E-state index in [0.29, 0.717) is 10.7 Å². The molecule has 1 aliphatic rings. The minimum absolute atomic E-state index is 0.0156. The van der Waals surface area contributed by atoms with E-state index in [1.54, 1.807) is 0 Å². The van der Waals surface area contributed by atoms with Gasteiger partial charge < -0.3 is 4.90 Å². The van der Waals surface area contributed by atoms with Crippen LogP contribution >= 0.6 is 11.6 Å². The van der Waals surface area contributed by atoms with Gasteiger partial charge in [0.2, 0.25) is 0 Å². The maximum atomic E-state index is 13.1. The normalized spacial score (nSPS) is 15.3. The summed E-state index contributed by atoms with van der Waals surface area (Å²) in [5, 5.41) is 13.3. The zero-order chi connectivity index (χ0) is 23.3. The van der Waals surface area contributed by atoms with Gasteiger partial charge in [-0.1, -0.05) is 11.6 Å². The lowest BCUT2D eigenvalue weighted by Crippen LogP contribution is -2.33. The molecule has 2 aromatic carbocycles. The number of nitrogens with one attached hydrogen (secondary N) is 1. The molecule has 5 rings (SSSR count). The fourth-order valence-electron chi connectivity index (χ4n) is 4.41. The second kappa shape index (κ2) is 7.81. The third-order valence-corrected chi connectivity index (χ3v) is 6.38. The quantitative estimate of drug-likeness (QED) is 0.441. The molecule has 1 fully saturated rings. The molecule has 0 amide bonds. The van der Waals surface area contributed by atoms with E-state index >= 15 is 0 Å². The number of halogens is 4. The van der Waals surface area contributed by atoms with Crippen molar-refractivity contribution in [1.82, 2.24) is 14.6 Å². The molecular formula is C23H17ClF3N5O. The van der Waals surface area contributed by atoms with Crippen molar-refractivity contribution in [3.8, 4) is 6.07 Å². The Morgan fingerprint density at radius 1 is 1.12 bits per heavy atom. The van der Waals surface area contributed by atoms with E-state index in [0.717, 1.165) is 54.3 Å². The molecule has 0 atom stereocenters. The smallest absolute Gasteiger partial charge is 0.371 e. The van der Waals surface area contributed by atoms with Crippen LogP contribution in [0.4, 0.5) is 18.9 Å². The van der Waals surface area contributed by atoms with Crippen LogP contribution in [-0.4, -0.2) is 27.7 Å². The first-order valence-electron chi connectivity index (χ1n) is 10.3. The third kappa shape index (κ3) is 3.70. The number of hydrogen-bond donors (Lipinski definition) is 1. The number of aromatic nitrogens is 3. The van der Waals surface area contributed by atoms with E-state index in [-0.39, 0.29) is 28.0 Å². The summed E-state index contributed by atoms with van der Waals surface area (Å²) in [5.74, 6) is -0.0156. The maximum Gasteiger partial charge on any atom is 0.416 e. The Morgan fingerprint density at radius 2 is 1.82 bits per heavy atom. The molecule has 10 heteroatoms. The molecule has 0 unspecified atom stereocenters. The van der Waals surface area contributed by atoms with Crippen LogP contribution < -0.4 is 10.5 Å². The van der Waals surface area contributed by atoms with Gasteiger partial charge in [-0.2, -0.15) is 22.9 Å². The number of H-pyrrole nitrogens is 1. The van der Waals surface area contributed by atoms with E-state index in [2.05, 4.69) is 21.1 Å². The molecule has 0 aliphatic carbocycles. The summed E-state index contributed by atoms with van der Waals surface area (Å²) in [6.45, 7) is 1.48. The lowest BCUT2D eigenvalue weighted by molar-refractivity contribution is -0.137. The van der Waals surface area contributed by atoms with Crippen molar-refractivity contribution in [2.75, 3.05) is 18.0 Å². The average Bonchev–Trinajstić information content (AvgIpc) is 3.18. The van der Waals surface area contributed by atoms with Crippen molar-refractivity contribution in [3.63, 3.8) is 0 Å². The summed E-state index contributed by atoms with van der Waals surface area (Å²) in [6.07, 6.45) is -3.11. The van der Waals surface area contributed by atoms with Gasteiger partial charge >= 0.3 is 6.18 Å². The largest absolute Gasteiger partial charge is 0.416 e. The molecule has 2 aromatic heterocycles. The van der Waals surface area contributed by atoms with E-state index < -0.39 is 17.3 Å². The van der Waals surface area contributed by atoms with Crippen molar-refractivity contribution < 1.29 is 13.2 Å². The topological polar surface area (TPSA) is 77.2 Å². The van der Waals surface area contributed by atoms with E-state index in [9.17, 15) is 23.2 Å². The second-order valence-corrected chi connectivity index (χ2v) is 8.49. The van der Waals surface area contributed by atoms with Gasteiger partial charge in [-0.05, 0) is 55.3 Å². The molecule has 0 bridgehead atoms. The van der Waals surface area contributed by atoms with Crippen molar-refractivity contribution in [2.45, 2.75) is 24.9 Å². The monoisotopic (exact) mass is 471 g/mol. The highest BCUT2D eigenvalue weighted by atomic mass is 35.5. The van der Waals surface area contributed by atoms with Crippen LogP contribution in [0.25, 0.3) is 16.6 Å². The van der Waals surface area contributed by atoms with Crippen molar-refractivity contribution in [3.05, 3.63) is 74.7 Å². The molecule has 33 heavy (non-hydrogen) atoms. The van der Waals surface area contributed by atoms with Crippen LogP contribution in [0.15, 0.2) is 47.3 Å². The second-order valence-electron chi connectivity index (χ2n) is 8.06. The highest BCUT2D eigenvalue weighted by molar-refractivity contribution is 6.30. The van der Waals surface area contributed by atoms with Crippen LogP contribution in [0.5, 0.6) is 0 Å². The first-order chi connectivity index (χ1) is 15.8. The number of aromatic amines is 1. The Morgan fingerprint density at radius 3 is 2.45 bits per heavy atom. The number of anilines is 1. The zero-order valence-corrected chi connectivity index (χ0v) is 17.9. The van der Waals surface area contributed by atoms with E-state index in [4.69, 9.17) is 11.6 Å².